The third kappa shape index (κ3) is 1.45. The summed E-state index contributed by atoms with van der Waals surface area (Å²) in [5, 5.41) is 0. The highest BCUT2D eigenvalue weighted by Gasteiger charge is 2.67. The Labute approximate surface area is 123 Å². The summed E-state index contributed by atoms with van der Waals surface area (Å²) in [4.78, 5) is 23.4. The largest absolute Gasteiger partial charge is 0.457 e. The number of allylic oxidation sites excluding steroid dienone is 1. The predicted octanol–water partition coefficient (Wildman–Crippen LogP) is 2.52. The number of ether oxygens (including phenoxy) is 2. The van der Waals surface area contributed by atoms with E-state index in [2.05, 4.69) is 19.6 Å². The minimum atomic E-state index is -0.445. The molecule has 0 N–H and O–H groups in total. The minimum Gasteiger partial charge on any atom is -0.457 e. The van der Waals surface area contributed by atoms with Crippen LogP contribution in [0.4, 0.5) is 0 Å². The van der Waals surface area contributed by atoms with Gasteiger partial charge in [0.25, 0.3) is 0 Å². The van der Waals surface area contributed by atoms with Crippen molar-refractivity contribution in [2.45, 2.75) is 33.3 Å². The van der Waals surface area contributed by atoms with Crippen molar-refractivity contribution in [2.24, 2.45) is 23.2 Å². The molecule has 1 unspecified atom stereocenters. The van der Waals surface area contributed by atoms with Gasteiger partial charge in [0.15, 0.2) is 0 Å². The Balaban J connectivity index is 1.90. The van der Waals surface area contributed by atoms with Gasteiger partial charge in [-0.25, -0.2) is 4.79 Å². The van der Waals surface area contributed by atoms with Crippen molar-refractivity contribution in [1.82, 2.24) is 0 Å². The highest BCUT2D eigenvalue weighted by atomic mass is 16.6. The smallest absolute Gasteiger partial charge is 0.339 e. The Bertz CT molecular complexity index is 668. The van der Waals surface area contributed by atoms with Gasteiger partial charge in [-0.1, -0.05) is 19.1 Å². The predicted molar refractivity (Wildman–Crippen MR) is 74.8 cm³/mol. The van der Waals surface area contributed by atoms with Crippen LogP contribution in [0.15, 0.2) is 35.1 Å². The molecule has 0 amide bonds. The van der Waals surface area contributed by atoms with Crippen LogP contribution in [0, 0.1) is 23.2 Å². The summed E-state index contributed by atoms with van der Waals surface area (Å²) in [6.07, 6.45) is 2.76. The summed E-state index contributed by atoms with van der Waals surface area (Å²) in [5.74, 6) is 1.01. The zero-order valence-corrected chi connectivity index (χ0v) is 12.4. The van der Waals surface area contributed by atoms with Gasteiger partial charge in [0.05, 0.1) is 0 Å². The van der Waals surface area contributed by atoms with E-state index >= 15 is 0 Å². The quantitative estimate of drug-likeness (QED) is 0.549. The molecule has 2 fully saturated rings. The van der Waals surface area contributed by atoms with Crippen LogP contribution < -0.4 is 0 Å². The van der Waals surface area contributed by atoms with Crippen LogP contribution in [0.5, 0.6) is 0 Å². The van der Waals surface area contributed by atoms with Crippen molar-refractivity contribution >= 4 is 11.9 Å². The van der Waals surface area contributed by atoms with Gasteiger partial charge in [-0.15, -0.1) is 0 Å². The molecule has 4 nitrogen and oxygen atoms in total. The highest BCUT2D eigenvalue weighted by Crippen LogP contribution is 2.71. The molecular formula is C17H18O4. The lowest BCUT2D eigenvalue weighted by Crippen LogP contribution is -2.42. The number of carbonyl (C=O) groups excluding carboxylic acids is 2. The minimum absolute atomic E-state index is 0.0494. The molecule has 1 heterocycles. The Morgan fingerprint density at radius 3 is 2.90 bits per heavy atom. The first kappa shape index (κ1) is 12.9. The first-order chi connectivity index (χ1) is 9.84. The highest BCUT2D eigenvalue weighted by molar-refractivity contribution is 5.94. The summed E-state index contributed by atoms with van der Waals surface area (Å²) >= 11 is 0. The molecule has 4 aliphatic rings. The lowest BCUT2D eigenvalue weighted by atomic mass is 9.66. The van der Waals surface area contributed by atoms with Gasteiger partial charge in [0.2, 0.25) is 0 Å². The van der Waals surface area contributed by atoms with Crippen LogP contribution >= 0.6 is 0 Å². The molecule has 0 spiro atoms. The van der Waals surface area contributed by atoms with Gasteiger partial charge in [-0.05, 0) is 31.3 Å². The average molecular weight is 286 g/mol. The first-order valence-corrected chi connectivity index (χ1v) is 7.36. The van der Waals surface area contributed by atoms with Crippen LogP contribution in [0.1, 0.15) is 27.2 Å². The topological polar surface area (TPSA) is 52.6 Å². The van der Waals surface area contributed by atoms with Crippen molar-refractivity contribution in [1.29, 1.82) is 0 Å². The number of hydrogen-bond acceptors (Lipinski definition) is 4. The molecular weight excluding hydrogens is 268 g/mol. The maximum atomic E-state index is 11.9. The van der Waals surface area contributed by atoms with Crippen molar-refractivity contribution in [2.75, 3.05) is 0 Å². The molecule has 0 aromatic rings. The molecule has 3 aliphatic carbocycles. The summed E-state index contributed by atoms with van der Waals surface area (Å²) in [5.41, 5.74) is 2.30. The maximum absolute atomic E-state index is 11.9. The van der Waals surface area contributed by atoms with E-state index < -0.39 is 6.10 Å². The molecule has 4 heteroatoms. The second-order valence-electron chi connectivity index (χ2n) is 6.83. The summed E-state index contributed by atoms with van der Waals surface area (Å²) in [6.45, 7) is 9.56. The normalized spacial score (nSPS) is 42.9. The first-order valence-electron chi connectivity index (χ1n) is 7.36. The third-order valence-electron chi connectivity index (χ3n) is 5.64. The fraction of sp³-hybridized carbons (Fsp3) is 0.529. The molecule has 0 saturated heterocycles. The monoisotopic (exact) mass is 286 g/mol. The number of fused-ring (bicyclic) bond motifs is 4. The summed E-state index contributed by atoms with van der Waals surface area (Å²) in [7, 11) is 0. The van der Waals surface area contributed by atoms with Crippen molar-refractivity contribution < 1.29 is 19.1 Å². The number of carbonyl (C=O) groups is 2. The van der Waals surface area contributed by atoms with Crippen molar-refractivity contribution in [3.05, 3.63) is 35.1 Å². The lowest BCUT2D eigenvalue weighted by molar-refractivity contribution is -0.148. The molecule has 1 aliphatic heterocycles. The molecule has 2 saturated carbocycles. The van der Waals surface area contributed by atoms with Crippen LogP contribution in [-0.4, -0.2) is 18.0 Å². The molecule has 4 rings (SSSR count). The van der Waals surface area contributed by atoms with Gasteiger partial charge < -0.3 is 9.47 Å². The van der Waals surface area contributed by atoms with E-state index in [-0.39, 0.29) is 23.3 Å². The van der Waals surface area contributed by atoms with Crippen LogP contribution in [0.25, 0.3) is 0 Å². The molecule has 21 heavy (non-hydrogen) atoms. The van der Waals surface area contributed by atoms with Crippen LogP contribution in [0.2, 0.25) is 0 Å². The Morgan fingerprint density at radius 1 is 1.52 bits per heavy atom. The summed E-state index contributed by atoms with van der Waals surface area (Å²) < 4.78 is 11.0. The Hall–Kier alpha value is -1.84. The van der Waals surface area contributed by atoms with E-state index in [0.29, 0.717) is 23.2 Å². The second kappa shape index (κ2) is 3.67. The van der Waals surface area contributed by atoms with E-state index in [1.807, 2.05) is 0 Å². The van der Waals surface area contributed by atoms with Gasteiger partial charge in [0.1, 0.15) is 11.9 Å². The fourth-order valence-electron chi connectivity index (χ4n) is 4.61. The zero-order chi connectivity index (χ0) is 15.1. The molecule has 0 aromatic carbocycles. The molecule has 0 aromatic heterocycles. The second-order valence-corrected chi connectivity index (χ2v) is 6.83. The molecule has 5 atom stereocenters. The number of hydrogen-bond donors (Lipinski definition) is 0. The van der Waals surface area contributed by atoms with Gasteiger partial charge in [-0.3, -0.25) is 4.79 Å². The fourth-order valence-corrected chi connectivity index (χ4v) is 4.61. The van der Waals surface area contributed by atoms with E-state index in [0.717, 1.165) is 17.6 Å². The van der Waals surface area contributed by atoms with E-state index in [9.17, 15) is 9.59 Å². The summed E-state index contributed by atoms with van der Waals surface area (Å²) in [6, 6.07) is 0. The Morgan fingerprint density at radius 2 is 2.24 bits per heavy atom. The SMILES string of the molecule is C=C1C2[C@@H](OC(C)=O)C3=C(C)C(=O)OC3=C[C@@]2(C)[C@@H]2C[C@H]12. The van der Waals surface area contributed by atoms with Gasteiger partial charge in [0, 0.05) is 29.4 Å². The lowest BCUT2D eigenvalue weighted by Gasteiger charge is -2.41. The van der Waals surface area contributed by atoms with Crippen molar-refractivity contribution in [3.63, 3.8) is 0 Å². The number of esters is 2. The van der Waals surface area contributed by atoms with E-state index in [1.54, 1.807) is 6.92 Å². The zero-order valence-electron chi connectivity index (χ0n) is 12.4. The average Bonchev–Trinajstić information content (AvgIpc) is 3.08. The Kier molecular flexibility index (Phi) is 2.25. The van der Waals surface area contributed by atoms with E-state index in [1.165, 1.54) is 6.92 Å². The third-order valence-corrected chi connectivity index (χ3v) is 5.64. The standard InChI is InChI=1S/C17H18O4/c1-7-10-5-11(10)17(4)6-12-13(8(2)16(19)21-12)15(14(7)17)20-9(3)18/h6,10-11,14-15H,1,5H2,2-4H3/t10-,11-,14?,15+,17+/m1/s1. The molecule has 0 bridgehead atoms. The van der Waals surface area contributed by atoms with Gasteiger partial charge >= 0.3 is 11.9 Å². The van der Waals surface area contributed by atoms with E-state index in [4.69, 9.17) is 9.47 Å². The number of rotatable bonds is 1. The molecule has 110 valence electrons. The van der Waals surface area contributed by atoms with Gasteiger partial charge in [-0.2, -0.15) is 0 Å². The van der Waals surface area contributed by atoms with Crippen molar-refractivity contribution in [3.8, 4) is 0 Å². The van der Waals surface area contributed by atoms with Crippen LogP contribution in [-0.2, 0) is 19.1 Å². The van der Waals surface area contributed by atoms with Crippen LogP contribution in [0.3, 0.4) is 0 Å². The maximum Gasteiger partial charge on any atom is 0.339 e. The molecule has 0 radical (unpaired) electrons.